The van der Waals surface area contributed by atoms with Gasteiger partial charge in [0.1, 0.15) is 0 Å². The van der Waals surface area contributed by atoms with E-state index in [4.69, 9.17) is 0 Å². The molecule has 2 aliphatic rings. The molecule has 1 heterocycles. The summed E-state index contributed by atoms with van der Waals surface area (Å²) in [5.41, 5.74) is 17.6. The molecule has 0 radical (unpaired) electrons. The summed E-state index contributed by atoms with van der Waals surface area (Å²) in [4.78, 5) is 2.38. The summed E-state index contributed by atoms with van der Waals surface area (Å²) in [6, 6.07) is 62.2. The number of nitrogens with one attached hydrogen (secondary N) is 1. The first-order valence-electron chi connectivity index (χ1n) is 19.9. The number of hydrogen-bond donors (Lipinski definition) is 1. The van der Waals surface area contributed by atoms with Crippen LogP contribution < -0.4 is 10.2 Å². The normalized spacial score (nSPS) is 15.0. The van der Waals surface area contributed by atoms with Crippen LogP contribution in [0.5, 0.6) is 0 Å². The lowest BCUT2D eigenvalue weighted by Crippen LogP contribution is -2.23. The Bertz CT molecular complexity index is 2520. The second-order valence-corrected chi connectivity index (χ2v) is 14.8. The fraction of sp³-hybridized carbons (Fsp3) is 0.111. The summed E-state index contributed by atoms with van der Waals surface area (Å²) < 4.78 is 0. The molecule has 0 fully saturated rings. The van der Waals surface area contributed by atoms with Gasteiger partial charge in [-0.25, -0.2) is 0 Å². The zero-order valence-corrected chi connectivity index (χ0v) is 32.1. The molecule has 56 heavy (non-hydrogen) atoms. The van der Waals surface area contributed by atoms with Gasteiger partial charge in [0.2, 0.25) is 0 Å². The second kappa shape index (κ2) is 15.2. The van der Waals surface area contributed by atoms with Crippen LogP contribution in [0.3, 0.4) is 0 Å². The third-order valence-electron chi connectivity index (χ3n) is 11.8. The van der Waals surface area contributed by atoms with E-state index in [0.29, 0.717) is 0 Å². The average Bonchev–Trinajstić information content (AvgIpc) is 3.55. The van der Waals surface area contributed by atoms with Crippen molar-refractivity contribution in [1.82, 2.24) is 5.32 Å². The highest BCUT2D eigenvalue weighted by Gasteiger charge is 2.41. The molecule has 0 bridgehead atoms. The number of rotatable bonds is 10. The van der Waals surface area contributed by atoms with Crippen molar-refractivity contribution < 1.29 is 0 Å². The highest BCUT2D eigenvalue weighted by atomic mass is 15.1. The van der Waals surface area contributed by atoms with Crippen LogP contribution in [0.1, 0.15) is 60.5 Å². The molecule has 0 saturated heterocycles. The number of fused-ring (bicyclic) bond motifs is 3. The van der Waals surface area contributed by atoms with Gasteiger partial charge >= 0.3 is 0 Å². The van der Waals surface area contributed by atoms with Gasteiger partial charge in [-0.2, -0.15) is 0 Å². The van der Waals surface area contributed by atoms with Crippen molar-refractivity contribution in [3.05, 3.63) is 222 Å². The van der Waals surface area contributed by atoms with Crippen LogP contribution in [0, 0.1) is 0 Å². The molecule has 7 aromatic rings. The minimum atomic E-state index is -0.0601. The molecule has 0 spiro atoms. The maximum absolute atomic E-state index is 3.53. The van der Waals surface area contributed by atoms with Gasteiger partial charge < -0.3 is 10.2 Å². The summed E-state index contributed by atoms with van der Waals surface area (Å²) >= 11 is 0. The zero-order valence-electron chi connectivity index (χ0n) is 32.1. The second-order valence-electron chi connectivity index (χ2n) is 14.8. The summed E-state index contributed by atoms with van der Waals surface area (Å²) in [6.07, 6.45) is 15.0. The molecule has 7 aromatic carbocycles. The molecule has 1 N–H and O–H groups in total. The van der Waals surface area contributed by atoms with Gasteiger partial charge in [-0.05, 0) is 129 Å². The van der Waals surface area contributed by atoms with Crippen LogP contribution in [0.25, 0.3) is 45.5 Å². The minimum Gasteiger partial charge on any atom is -0.381 e. The van der Waals surface area contributed by atoms with E-state index in [1.54, 1.807) is 0 Å². The van der Waals surface area contributed by atoms with Crippen molar-refractivity contribution in [3.8, 4) is 33.4 Å². The predicted octanol–water partition coefficient (Wildman–Crippen LogP) is 14.5. The summed E-state index contributed by atoms with van der Waals surface area (Å²) in [5.74, 6) is 0. The fourth-order valence-electron chi connectivity index (χ4n) is 8.85. The first-order chi connectivity index (χ1) is 27.6. The number of para-hydroxylation sites is 2. The number of benzene rings is 7. The van der Waals surface area contributed by atoms with Crippen molar-refractivity contribution in [2.45, 2.75) is 38.1 Å². The van der Waals surface area contributed by atoms with Gasteiger partial charge in [0, 0.05) is 22.5 Å². The van der Waals surface area contributed by atoms with E-state index >= 15 is 0 Å². The molecule has 1 atom stereocenters. The predicted molar refractivity (Wildman–Crippen MR) is 238 cm³/mol. The smallest absolute Gasteiger partial charge is 0.0701 e. The average molecular weight is 723 g/mol. The first kappa shape index (κ1) is 35.1. The Kier molecular flexibility index (Phi) is 9.55. The Morgan fingerprint density at radius 3 is 1.73 bits per heavy atom. The van der Waals surface area contributed by atoms with E-state index < -0.39 is 0 Å². The molecule has 2 heteroatoms. The zero-order chi connectivity index (χ0) is 37.9. The van der Waals surface area contributed by atoms with Crippen molar-refractivity contribution in [3.63, 3.8) is 0 Å². The molecule has 9 rings (SSSR count). The Labute approximate surface area is 331 Å². The molecule has 0 saturated carbocycles. The molecule has 1 unspecified atom stereocenters. The first-order valence-corrected chi connectivity index (χ1v) is 19.9. The van der Waals surface area contributed by atoms with Crippen LogP contribution in [-0.2, 0) is 5.41 Å². The monoisotopic (exact) mass is 722 g/mol. The van der Waals surface area contributed by atoms with E-state index in [9.17, 15) is 0 Å². The lowest BCUT2D eigenvalue weighted by Gasteiger charge is -2.32. The molecule has 0 amide bonds. The molecule has 1 aliphatic carbocycles. The largest absolute Gasteiger partial charge is 0.381 e. The van der Waals surface area contributed by atoms with Gasteiger partial charge in [0.05, 0.1) is 6.04 Å². The molecular weight excluding hydrogens is 677 g/mol. The maximum Gasteiger partial charge on any atom is 0.0701 e. The van der Waals surface area contributed by atoms with Crippen LogP contribution in [-0.4, -0.2) is 0 Å². The molecule has 2 nitrogen and oxygen atoms in total. The van der Waals surface area contributed by atoms with E-state index in [-0.39, 0.29) is 11.5 Å². The van der Waals surface area contributed by atoms with Gasteiger partial charge in [-0.15, -0.1) is 0 Å². The standard InChI is InChI=1S/C54H46N2/c1-3-54(4-2)51-36-40(27-32-47(51)48-34-31-46(38-52(48)54)56(44-18-10-6-11-19-44)45-20-12-7-13-21-45)24-23-39-25-28-42(29-26-39)50-37-43(41-16-8-5-9-17-41)30-33-49(50)53-22-14-15-35-55-53/h5-38,53,55H,3-4H2,1-2H3/b24-23+. The van der Waals surface area contributed by atoms with E-state index in [2.05, 4.69) is 218 Å². The third kappa shape index (κ3) is 6.48. The Morgan fingerprint density at radius 1 is 0.500 bits per heavy atom. The number of anilines is 3. The Balaban J connectivity index is 1.02. The van der Waals surface area contributed by atoms with E-state index in [1.165, 1.54) is 66.9 Å². The van der Waals surface area contributed by atoms with Crippen molar-refractivity contribution in [2.75, 3.05) is 4.90 Å². The number of nitrogens with zero attached hydrogens (tertiary/aromatic N) is 1. The quantitative estimate of drug-likeness (QED) is 0.141. The van der Waals surface area contributed by atoms with Gasteiger partial charge in [0.15, 0.2) is 0 Å². The van der Waals surface area contributed by atoms with Gasteiger partial charge in [-0.1, -0.05) is 166 Å². The van der Waals surface area contributed by atoms with Crippen LogP contribution in [0.4, 0.5) is 17.1 Å². The van der Waals surface area contributed by atoms with Crippen molar-refractivity contribution >= 4 is 29.2 Å². The Hall–Kier alpha value is -6.64. The SMILES string of the molecule is CCC1(CC)c2cc(/C=C/c3ccc(-c4cc(-c5ccccc5)ccc4C4C=CC=CN4)cc3)ccc2-c2ccc(N(c3ccccc3)c3ccccc3)cc21. The van der Waals surface area contributed by atoms with Gasteiger partial charge in [-0.3, -0.25) is 0 Å². The lowest BCUT2D eigenvalue weighted by atomic mass is 9.73. The maximum atomic E-state index is 3.53. The highest BCUT2D eigenvalue weighted by molar-refractivity contribution is 5.87. The van der Waals surface area contributed by atoms with Crippen molar-refractivity contribution in [1.29, 1.82) is 0 Å². The number of hydrogen-bond acceptors (Lipinski definition) is 2. The number of dihydropyridines is 1. The van der Waals surface area contributed by atoms with E-state index in [0.717, 1.165) is 24.2 Å². The number of allylic oxidation sites excluding steroid dienone is 2. The van der Waals surface area contributed by atoms with E-state index in [1.807, 2.05) is 12.3 Å². The highest BCUT2D eigenvalue weighted by Crippen LogP contribution is 2.54. The lowest BCUT2D eigenvalue weighted by molar-refractivity contribution is 0.490. The third-order valence-corrected chi connectivity index (χ3v) is 11.8. The molecule has 1 aliphatic heterocycles. The van der Waals surface area contributed by atoms with Crippen molar-refractivity contribution in [2.24, 2.45) is 0 Å². The molecule has 272 valence electrons. The Morgan fingerprint density at radius 2 is 1.09 bits per heavy atom. The summed E-state index contributed by atoms with van der Waals surface area (Å²) in [5, 5.41) is 3.53. The molecule has 0 aromatic heterocycles. The topological polar surface area (TPSA) is 15.3 Å². The van der Waals surface area contributed by atoms with Crippen LogP contribution in [0.15, 0.2) is 194 Å². The minimum absolute atomic E-state index is 0.0601. The van der Waals surface area contributed by atoms with Gasteiger partial charge in [0.25, 0.3) is 0 Å². The summed E-state index contributed by atoms with van der Waals surface area (Å²) in [6.45, 7) is 4.70. The fourth-order valence-corrected chi connectivity index (χ4v) is 8.85. The molecular formula is C54H46N2. The van der Waals surface area contributed by atoms with Crippen LogP contribution in [0.2, 0.25) is 0 Å². The summed E-state index contributed by atoms with van der Waals surface area (Å²) in [7, 11) is 0. The van der Waals surface area contributed by atoms with Crippen LogP contribution >= 0.6 is 0 Å².